The van der Waals surface area contributed by atoms with E-state index in [1.807, 2.05) is 0 Å². The van der Waals surface area contributed by atoms with E-state index in [1.165, 1.54) is 0 Å². The summed E-state index contributed by atoms with van der Waals surface area (Å²) in [6.45, 7) is 5.26. The summed E-state index contributed by atoms with van der Waals surface area (Å²) in [4.78, 5) is 15.6. The van der Waals surface area contributed by atoms with E-state index in [0.29, 0.717) is 19.3 Å². The van der Waals surface area contributed by atoms with Crippen LogP contribution >= 0.6 is 0 Å². The summed E-state index contributed by atoms with van der Waals surface area (Å²) in [5.41, 5.74) is 0. The van der Waals surface area contributed by atoms with Crippen LogP contribution in [0.2, 0.25) is 0 Å². The number of carbonyl (C=O) groups is 1. The van der Waals surface area contributed by atoms with E-state index < -0.39 is 0 Å². The number of nitrogens with zero attached hydrogens (tertiary/aromatic N) is 1. The average Bonchev–Trinajstić information content (AvgIpc) is 2.00. The minimum atomic E-state index is -0.355. The van der Waals surface area contributed by atoms with Gasteiger partial charge in [0.05, 0.1) is 17.6 Å². The third kappa shape index (κ3) is 9.61. The van der Waals surface area contributed by atoms with Gasteiger partial charge in [-0.2, -0.15) is 0 Å². The summed E-state index contributed by atoms with van der Waals surface area (Å²) in [7, 11) is 0. The van der Waals surface area contributed by atoms with E-state index in [-0.39, 0.29) is 23.6 Å². The largest absolute Gasteiger partial charge is 0.463 e. The van der Waals surface area contributed by atoms with Gasteiger partial charge < -0.3 is 4.74 Å². The van der Waals surface area contributed by atoms with Crippen LogP contribution in [0.5, 0.6) is 0 Å². The van der Waals surface area contributed by atoms with Gasteiger partial charge in [-0.1, -0.05) is 0 Å². The molecule has 6 nitrogen and oxygen atoms in total. The average molecular weight is 221 g/mol. The van der Waals surface area contributed by atoms with E-state index in [0.717, 1.165) is 0 Å². The molecule has 0 aromatic carbocycles. The summed E-state index contributed by atoms with van der Waals surface area (Å²) in [5.74, 6) is -0.248. The predicted molar refractivity (Wildman–Crippen MR) is 51.0 cm³/mol. The number of rotatable bonds is 7. The molecule has 1 atom stereocenters. The second kappa shape index (κ2) is 7.58. The lowest BCUT2D eigenvalue weighted by atomic mass is 10.2. The van der Waals surface area contributed by atoms with Crippen LogP contribution < -0.4 is 0 Å². The van der Waals surface area contributed by atoms with Gasteiger partial charge in [-0.25, -0.2) is 4.84 Å². The Morgan fingerprint density at radius 2 is 1.93 bits per heavy atom. The SMILES string of the molecule is CC(C)OC(=O)CCC[C@H](C)ON(O)O. The smallest absolute Gasteiger partial charge is 0.306 e. The molecule has 0 aromatic heterocycles. The van der Waals surface area contributed by atoms with Crippen molar-refractivity contribution in [1.29, 1.82) is 0 Å². The summed E-state index contributed by atoms with van der Waals surface area (Å²) in [6.07, 6.45) is 0.983. The maximum absolute atomic E-state index is 11.1. The standard InChI is InChI=1S/C9H19NO5/c1-7(2)14-9(11)6-4-5-8(3)15-10(12)13/h7-8,12-13H,4-6H2,1-3H3/t8-/m0/s1. The lowest BCUT2D eigenvalue weighted by molar-refractivity contribution is -0.503. The van der Waals surface area contributed by atoms with Gasteiger partial charge in [0.25, 0.3) is 0 Å². The molecule has 0 aromatic rings. The second-order valence-electron chi connectivity index (χ2n) is 3.60. The monoisotopic (exact) mass is 221 g/mol. The van der Waals surface area contributed by atoms with E-state index >= 15 is 0 Å². The molecule has 90 valence electrons. The fraction of sp³-hybridized carbons (Fsp3) is 0.889. The minimum absolute atomic E-state index is 0.100. The first-order valence-electron chi connectivity index (χ1n) is 4.96. The van der Waals surface area contributed by atoms with Gasteiger partial charge >= 0.3 is 5.97 Å². The van der Waals surface area contributed by atoms with Gasteiger partial charge in [-0.05, 0) is 33.6 Å². The highest BCUT2D eigenvalue weighted by atomic mass is 17.1. The number of ether oxygens (including phenoxy) is 1. The maximum atomic E-state index is 11.1. The zero-order valence-electron chi connectivity index (χ0n) is 9.34. The Kier molecular flexibility index (Phi) is 7.23. The summed E-state index contributed by atoms with van der Waals surface area (Å²) in [6, 6.07) is 0. The van der Waals surface area contributed by atoms with Crippen molar-refractivity contribution in [3.05, 3.63) is 0 Å². The van der Waals surface area contributed by atoms with Gasteiger partial charge in [0.2, 0.25) is 0 Å². The van der Waals surface area contributed by atoms with Crippen LogP contribution in [0.25, 0.3) is 0 Å². The highest BCUT2D eigenvalue weighted by Gasteiger charge is 2.09. The first-order valence-corrected chi connectivity index (χ1v) is 4.96. The van der Waals surface area contributed by atoms with Gasteiger partial charge in [0.1, 0.15) is 0 Å². The molecule has 0 unspecified atom stereocenters. The number of esters is 1. The second-order valence-corrected chi connectivity index (χ2v) is 3.60. The molecular weight excluding hydrogens is 202 g/mol. The van der Waals surface area contributed by atoms with Crippen LogP contribution in [0.4, 0.5) is 0 Å². The Morgan fingerprint density at radius 1 is 1.33 bits per heavy atom. The summed E-state index contributed by atoms with van der Waals surface area (Å²) in [5, 5.41) is 16.3. The third-order valence-electron chi connectivity index (χ3n) is 1.63. The Hall–Kier alpha value is -0.690. The molecule has 0 fully saturated rings. The topological polar surface area (TPSA) is 79.2 Å². The van der Waals surface area contributed by atoms with Crippen LogP contribution in [-0.2, 0) is 14.4 Å². The molecule has 0 rings (SSSR count). The molecule has 0 heterocycles. The maximum Gasteiger partial charge on any atom is 0.306 e. The van der Waals surface area contributed by atoms with Gasteiger partial charge in [-0.15, -0.1) is 0 Å². The van der Waals surface area contributed by atoms with Crippen LogP contribution in [0.3, 0.4) is 0 Å². The number of carbonyl (C=O) groups excluding carboxylic acids is 1. The van der Waals surface area contributed by atoms with E-state index in [9.17, 15) is 4.79 Å². The molecule has 0 aliphatic carbocycles. The van der Waals surface area contributed by atoms with Crippen molar-refractivity contribution >= 4 is 5.97 Å². The number of hydrogen-bond donors (Lipinski definition) is 2. The van der Waals surface area contributed by atoms with Crippen molar-refractivity contribution in [2.45, 2.75) is 52.2 Å². The lowest BCUT2D eigenvalue weighted by Gasteiger charge is -2.13. The Balaban J connectivity index is 3.48. The number of hydrogen-bond acceptors (Lipinski definition) is 6. The molecule has 0 saturated carbocycles. The van der Waals surface area contributed by atoms with Crippen molar-refractivity contribution in [1.82, 2.24) is 5.39 Å². The van der Waals surface area contributed by atoms with E-state index in [4.69, 9.17) is 15.2 Å². The molecule has 0 radical (unpaired) electrons. The van der Waals surface area contributed by atoms with Crippen LogP contribution in [0.1, 0.15) is 40.0 Å². The Labute approximate surface area is 89.3 Å². The molecule has 0 aliphatic rings. The van der Waals surface area contributed by atoms with Gasteiger partial charge in [-0.3, -0.25) is 15.2 Å². The highest BCUT2D eigenvalue weighted by molar-refractivity contribution is 5.69. The Morgan fingerprint density at radius 3 is 2.40 bits per heavy atom. The van der Waals surface area contributed by atoms with Crippen molar-refractivity contribution in [3.63, 3.8) is 0 Å². The predicted octanol–water partition coefficient (Wildman–Crippen LogP) is 1.51. The minimum Gasteiger partial charge on any atom is -0.463 e. The summed E-state index contributed by atoms with van der Waals surface area (Å²) < 4.78 is 4.92. The van der Waals surface area contributed by atoms with Crippen molar-refractivity contribution in [2.24, 2.45) is 0 Å². The summed E-state index contributed by atoms with van der Waals surface area (Å²) >= 11 is 0. The Bertz CT molecular complexity index is 183. The lowest BCUT2D eigenvalue weighted by Crippen LogP contribution is -2.22. The highest BCUT2D eigenvalue weighted by Crippen LogP contribution is 2.06. The van der Waals surface area contributed by atoms with Crippen molar-refractivity contribution < 1.29 is 24.8 Å². The molecule has 0 aliphatic heterocycles. The first-order chi connectivity index (χ1) is 6.91. The zero-order valence-corrected chi connectivity index (χ0v) is 9.34. The fourth-order valence-electron chi connectivity index (χ4n) is 1.07. The van der Waals surface area contributed by atoms with E-state index in [1.54, 1.807) is 20.8 Å². The van der Waals surface area contributed by atoms with Gasteiger partial charge in [0, 0.05) is 6.42 Å². The molecule has 0 spiro atoms. The molecular formula is C9H19NO5. The van der Waals surface area contributed by atoms with E-state index in [2.05, 4.69) is 4.84 Å². The fourth-order valence-corrected chi connectivity index (χ4v) is 1.07. The molecule has 6 heteroatoms. The molecule has 2 N–H and O–H groups in total. The van der Waals surface area contributed by atoms with Crippen LogP contribution in [0.15, 0.2) is 0 Å². The molecule has 15 heavy (non-hydrogen) atoms. The van der Waals surface area contributed by atoms with Crippen molar-refractivity contribution in [2.75, 3.05) is 0 Å². The van der Waals surface area contributed by atoms with Crippen LogP contribution in [0, 0.1) is 0 Å². The van der Waals surface area contributed by atoms with Crippen molar-refractivity contribution in [3.8, 4) is 0 Å². The molecule has 0 amide bonds. The zero-order chi connectivity index (χ0) is 11.8. The molecule has 0 bridgehead atoms. The van der Waals surface area contributed by atoms with Gasteiger partial charge in [0.15, 0.2) is 0 Å². The van der Waals surface area contributed by atoms with Crippen LogP contribution in [-0.4, -0.2) is 34.0 Å². The quantitative estimate of drug-likeness (QED) is 0.501. The normalized spacial score (nSPS) is 13.3. The first kappa shape index (κ1) is 14.3. The molecule has 0 saturated heterocycles. The third-order valence-corrected chi connectivity index (χ3v) is 1.63.